The molecule has 1 saturated heterocycles. The molecular weight excluding hydrogens is 387 g/mol. The number of phenolic OH excluding ortho intramolecular Hbond substituents is 1. The fraction of sp³-hybridized carbons (Fsp3) is 0.625. The van der Waals surface area contributed by atoms with E-state index in [4.69, 9.17) is 0 Å². The number of hydrogen-bond donors (Lipinski definition) is 2. The van der Waals surface area contributed by atoms with Gasteiger partial charge >= 0.3 is 0 Å². The van der Waals surface area contributed by atoms with Gasteiger partial charge in [0.25, 0.3) is 0 Å². The first-order chi connectivity index (χ1) is 9.68. The Hall–Kier alpha value is -0.000000000000000111. The zero-order valence-corrected chi connectivity index (χ0v) is 16.1. The summed E-state index contributed by atoms with van der Waals surface area (Å²) in [6.07, 6.45) is 3.90. The second kappa shape index (κ2) is 8.74. The molecule has 0 amide bonds. The van der Waals surface area contributed by atoms with Crippen molar-refractivity contribution in [2.75, 3.05) is 26.2 Å². The van der Waals surface area contributed by atoms with Gasteiger partial charge in [0.15, 0.2) is 0 Å². The molecule has 1 heterocycles. The van der Waals surface area contributed by atoms with E-state index in [1.54, 1.807) is 0 Å². The second-order valence-electron chi connectivity index (χ2n) is 6.05. The van der Waals surface area contributed by atoms with E-state index in [2.05, 4.69) is 32.2 Å². The van der Waals surface area contributed by atoms with Crippen LogP contribution in [0.5, 0.6) is 5.75 Å². The Morgan fingerprint density at radius 3 is 2.41 bits per heavy atom. The summed E-state index contributed by atoms with van der Waals surface area (Å²) in [7, 11) is 0. The Morgan fingerprint density at radius 1 is 1.23 bits per heavy atom. The number of piperazine rings is 1. The van der Waals surface area contributed by atoms with Crippen molar-refractivity contribution in [1.82, 2.24) is 10.2 Å². The van der Waals surface area contributed by atoms with Gasteiger partial charge in [-0.05, 0) is 37.3 Å². The van der Waals surface area contributed by atoms with Crippen molar-refractivity contribution < 1.29 is 5.11 Å². The van der Waals surface area contributed by atoms with Crippen LogP contribution in [0.4, 0.5) is 0 Å². The standard InChI is InChI=1S/C16H23BrN2O.2ClH/c1-11-5-6-13(17)14(16(11)20)15(12-3-2-4-12)19-9-7-18-8-10-19;;/h5-6,12,15,18,20H,2-4,7-10H2,1H3;2*1H/t15-;;/m1../s1. The lowest BCUT2D eigenvalue weighted by molar-refractivity contribution is 0.0814. The van der Waals surface area contributed by atoms with Gasteiger partial charge in [0.1, 0.15) is 5.75 Å². The molecule has 2 N–H and O–H groups in total. The van der Waals surface area contributed by atoms with Crippen LogP contribution in [0.15, 0.2) is 16.6 Å². The molecule has 22 heavy (non-hydrogen) atoms. The first kappa shape index (κ1) is 20.0. The average molecular weight is 412 g/mol. The summed E-state index contributed by atoms with van der Waals surface area (Å²) >= 11 is 3.67. The molecule has 0 aromatic heterocycles. The molecule has 2 fully saturated rings. The number of aromatic hydroxyl groups is 1. The van der Waals surface area contributed by atoms with Gasteiger partial charge in [-0.2, -0.15) is 0 Å². The molecule has 1 aromatic rings. The average Bonchev–Trinajstić information content (AvgIpc) is 2.41. The van der Waals surface area contributed by atoms with E-state index < -0.39 is 0 Å². The molecule has 6 heteroatoms. The van der Waals surface area contributed by atoms with Crippen LogP contribution in [-0.4, -0.2) is 36.2 Å². The smallest absolute Gasteiger partial charge is 0.124 e. The van der Waals surface area contributed by atoms with E-state index in [1.165, 1.54) is 19.3 Å². The van der Waals surface area contributed by atoms with Gasteiger partial charge in [-0.15, -0.1) is 24.8 Å². The summed E-state index contributed by atoms with van der Waals surface area (Å²) in [5.41, 5.74) is 2.08. The molecule has 126 valence electrons. The highest BCUT2D eigenvalue weighted by Crippen LogP contribution is 2.47. The van der Waals surface area contributed by atoms with Crippen molar-refractivity contribution in [2.45, 2.75) is 32.2 Å². The van der Waals surface area contributed by atoms with Gasteiger partial charge in [0, 0.05) is 42.3 Å². The quantitative estimate of drug-likeness (QED) is 0.787. The number of halogens is 3. The molecule has 1 saturated carbocycles. The molecule has 1 atom stereocenters. The van der Waals surface area contributed by atoms with Gasteiger partial charge in [-0.1, -0.05) is 28.4 Å². The van der Waals surface area contributed by atoms with E-state index in [-0.39, 0.29) is 24.8 Å². The van der Waals surface area contributed by atoms with Gasteiger partial charge in [-0.3, -0.25) is 4.90 Å². The summed E-state index contributed by atoms with van der Waals surface area (Å²) in [6, 6.07) is 4.43. The molecule has 3 nitrogen and oxygen atoms in total. The molecule has 3 rings (SSSR count). The minimum atomic E-state index is 0. The third-order valence-electron chi connectivity index (χ3n) is 4.80. The minimum Gasteiger partial charge on any atom is -0.507 e. The predicted molar refractivity (Wildman–Crippen MR) is 99.6 cm³/mol. The van der Waals surface area contributed by atoms with Crippen LogP contribution in [0.3, 0.4) is 0 Å². The number of phenols is 1. The molecular formula is C16H25BrCl2N2O. The fourth-order valence-corrected chi connectivity index (χ4v) is 3.96. The molecule has 1 aromatic carbocycles. The first-order valence-corrected chi connectivity index (χ1v) is 8.40. The lowest BCUT2D eigenvalue weighted by Crippen LogP contribution is -2.48. The Morgan fingerprint density at radius 2 is 1.86 bits per heavy atom. The fourth-order valence-electron chi connectivity index (χ4n) is 3.41. The van der Waals surface area contributed by atoms with Gasteiger partial charge < -0.3 is 10.4 Å². The van der Waals surface area contributed by atoms with Crippen molar-refractivity contribution in [3.05, 3.63) is 27.7 Å². The highest BCUT2D eigenvalue weighted by molar-refractivity contribution is 9.10. The number of nitrogens with zero attached hydrogens (tertiary/aromatic N) is 1. The van der Waals surface area contributed by atoms with Gasteiger partial charge in [-0.25, -0.2) is 0 Å². The molecule has 0 bridgehead atoms. The molecule has 0 unspecified atom stereocenters. The number of aryl methyl sites for hydroxylation is 1. The van der Waals surface area contributed by atoms with Crippen molar-refractivity contribution in [2.24, 2.45) is 5.92 Å². The van der Waals surface area contributed by atoms with E-state index in [1.807, 2.05) is 13.0 Å². The third-order valence-corrected chi connectivity index (χ3v) is 5.49. The lowest BCUT2D eigenvalue weighted by Gasteiger charge is -2.43. The maximum Gasteiger partial charge on any atom is 0.124 e. The zero-order chi connectivity index (χ0) is 14.1. The van der Waals surface area contributed by atoms with Crippen LogP contribution in [0, 0.1) is 12.8 Å². The van der Waals surface area contributed by atoms with Crippen molar-refractivity contribution in [3.63, 3.8) is 0 Å². The van der Waals surface area contributed by atoms with Crippen LogP contribution < -0.4 is 5.32 Å². The summed E-state index contributed by atoms with van der Waals surface area (Å²) < 4.78 is 1.05. The van der Waals surface area contributed by atoms with Gasteiger partial charge in [0.2, 0.25) is 0 Å². The molecule has 1 aliphatic heterocycles. The zero-order valence-electron chi connectivity index (χ0n) is 12.8. The van der Waals surface area contributed by atoms with Crippen LogP contribution in [0.25, 0.3) is 0 Å². The van der Waals surface area contributed by atoms with E-state index >= 15 is 0 Å². The number of hydrogen-bond acceptors (Lipinski definition) is 3. The second-order valence-corrected chi connectivity index (χ2v) is 6.90. The SMILES string of the molecule is Cc1ccc(Br)c([C@@H](C2CCC2)N2CCNCC2)c1O.Cl.Cl. The van der Waals surface area contributed by atoms with Crippen LogP contribution in [-0.2, 0) is 0 Å². The molecule has 0 radical (unpaired) electrons. The monoisotopic (exact) mass is 410 g/mol. The van der Waals surface area contributed by atoms with Gasteiger partial charge in [0.05, 0.1) is 0 Å². The topological polar surface area (TPSA) is 35.5 Å². The van der Waals surface area contributed by atoms with E-state index in [0.717, 1.165) is 41.8 Å². The largest absolute Gasteiger partial charge is 0.507 e. The van der Waals surface area contributed by atoms with Crippen molar-refractivity contribution in [3.8, 4) is 5.75 Å². The number of rotatable bonds is 3. The molecule has 0 spiro atoms. The summed E-state index contributed by atoms with van der Waals surface area (Å²) in [5, 5.41) is 14.0. The van der Waals surface area contributed by atoms with E-state index in [9.17, 15) is 5.11 Å². The Kier molecular flexibility index (Phi) is 7.96. The maximum absolute atomic E-state index is 10.6. The van der Waals surface area contributed by atoms with Crippen LogP contribution >= 0.6 is 40.7 Å². The summed E-state index contributed by atoms with van der Waals surface area (Å²) in [4.78, 5) is 2.56. The Balaban J connectivity index is 0.00000121. The molecule has 1 aliphatic carbocycles. The maximum atomic E-state index is 10.6. The predicted octanol–water partition coefficient (Wildman–Crippen LogP) is 4.05. The number of nitrogens with one attached hydrogen (secondary N) is 1. The highest BCUT2D eigenvalue weighted by Gasteiger charge is 2.36. The Labute approximate surface area is 153 Å². The first-order valence-electron chi connectivity index (χ1n) is 7.61. The minimum absolute atomic E-state index is 0. The third kappa shape index (κ3) is 3.90. The highest BCUT2D eigenvalue weighted by atomic mass is 79.9. The summed E-state index contributed by atoms with van der Waals surface area (Å²) in [5.74, 6) is 1.17. The van der Waals surface area contributed by atoms with Crippen molar-refractivity contribution >= 4 is 40.7 Å². The summed E-state index contributed by atoms with van der Waals surface area (Å²) in [6.45, 7) is 6.23. The van der Waals surface area contributed by atoms with E-state index in [0.29, 0.717) is 17.7 Å². The Bertz CT molecular complexity index is 491. The van der Waals surface area contributed by atoms with Crippen molar-refractivity contribution in [1.29, 1.82) is 0 Å². The normalized spacial score (nSPS) is 20.5. The number of benzene rings is 1. The lowest BCUT2D eigenvalue weighted by atomic mass is 9.76. The molecule has 2 aliphatic rings. The van der Waals surface area contributed by atoms with Crippen LogP contribution in [0.2, 0.25) is 0 Å². The van der Waals surface area contributed by atoms with Crippen LogP contribution in [0.1, 0.15) is 36.4 Å².